The number of rotatable bonds is 80. The fourth-order valence-corrected chi connectivity index (χ4v) is 13.0. The van der Waals surface area contributed by atoms with Crippen molar-refractivity contribution in [3.63, 3.8) is 0 Å². The van der Waals surface area contributed by atoms with Crippen molar-refractivity contribution in [3.8, 4) is 0 Å². The van der Waals surface area contributed by atoms with Crippen LogP contribution < -0.4 is 0 Å². The average Bonchev–Trinajstić information content (AvgIpc) is 0.920. The monoisotopic (exact) mass is 1540 g/mol. The molecule has 0 rings (SSSR count). The summed E-state index contributed by atoms with van der Waals surface area (Å²) in [4.78, 5) is 58.7. The Morgan fingerprint density at radius 2 is 0.495 bits per heavy atom. The number of carbonyl (C=O) groups excluding carboxylic acids is 3. The molecule has 0 bridgehead atoms. The zero-order valence-electron chi connectivity index (χ0n) is 67.5. The van der Waals surface area contributed by atoms with Gasteiger partial charge in [0.15, 0.2) is 6.10 Å². The van der Waals surface area contributed by atoms with Gasteiger partial charge in [-0.3, -0.25) is 32.5 Å². The topological polar surface area (TPSA) is 231 Å². The minimum atomic E-state index is -4.94. The van der Waals surface area contributed by atoms with Gasteiger partial charge in [-0.15, -0.1) is 0 Å². The third-order valence-corrected chi connectivity index (χ3v) is 19.7. The van der Waals surface area contributed by atoms with Gasteiger partial charge in [-0.1, -0.05) is 328 Å². The van der Waals surface area contributed by atoms with E-state index in [-0.39, 0.29) is 19.3 Å². The fraction of sp³-hybridized carbons (Fsp3) is 0.719. The first-order valence-corrected chi connectivity index (χ1v) is 45.5. The quantitative estimate of drug-likeness (QED) is 0.0146. The van der Waals surface area contributed by atoms with E-state index in [0.29, 0.717) is 19.3 Å². The van der Waals surface area contributed by atoms with Crippen molar-refractivity contribution in [1.29, 1.82) is 0 Å². The molecule has 5 atom stereocenters. The lowest BCUT2D eigenvalue weighted by Gasteiger charge is -2.21. The molecule has 0 spiro atoms. The molecule has 0 aliphatic heterocycles. The molecule has 0 saturated heterocycles. The van der Waals surface area contributed by atoms with Gasteiger partial charge in [-0.05, 0) is 141 Å². The van der Waals surface area contributed by atoms with Crippen molar-refractivity contribution >= 4 is 33.6 Å². The minimum Gasteiger partial charge on any atom is -0.463 e. The molecule has 107 heavy (non-hydrogen) atoms. The fourth-order valence-electron chi connectivity index (χ4n) is 11.4. The molecule has 0 aromatic heterocycles. The summed E-state index contributed by atoms with van der Waals surface area (Å²) in [7, 11) is -9.80. The Morgan fingerprint density at radius 1 is 0.271 bits per heavy atom. The highest BCUT2D eigenvalue weighted by Crippen LogP contribution is 2.45. The maximum absolute atomic E-state index is 13.0. The van der Waals surface area contributed by atoms with E-state index in [2.05, 4.69) is 154 Å². The van der Waals surface area contributed by atoms with Crippen LogP contribution in [-0.2, 0) is 55.8 Å². The number of phosphoric ester groups is 2. The summed E-state index contributed by atoms with van der Waals surface area (Å²) < 4.78 is 61.2. The van der Waals surface area contributed by atoms with Gasteiger partial charge in [-0.25, -0.2) is 9.13 Å². The first-order chi connectivity index (χ1) is 52.2. The summed E-state index contributed by atoms with van der Waals surface area (Å²) in [6.45, 7) is 2.52. The van der Waals surface area contributed by atoms with Crippen LogP contribution in [0.5, 0.6) is 0 Å². The first kappa shape index (κ1) is 103. The third-order valence-electron chi connectivity index (χ3n) is 17.8. The number of ether oxygens (including phenoxy) is 3. The van der Waals surface area contributed by atoms with Gasteiger partial charge < -0.3 is 34.2 Å². The second kappa shape index (κ2) is 81.2. The summed E-state index contributed by atoms with van der Waals surface area (Å²) in [5, 5.41) is 20.7. The van der Waals surface area contributed by atoms with Crippen LogP contribution >= 0.6 is 15.6 Å². The molecule has 0 aliphatic carbocycles. The molecule has 0 radical (unpaired) electrons. The average molecular weight is 1540 g/mol. The van der Waals surface area contributed by atoms with Crippen molar-refractivity contribution in [2.45, 2.75) is 373 Å². The Bertz CT molecular complexity index is 2480. The molecule has 18 heteroatoms. The normalized spacial score (nSPS) is 14.6. The van der Waals surface area contributed by atoms with Crippen LogP contribution in [0.1, 0.15) is 355 Å². The van der Waals surface area contributed by atoms with Crippen molar-refractivity contribution in [1.82, 2.24) is 0 Å². The number of allylic oxidation sites excluding steroid dienone is 22. The van der Waals surface area contributed by atoms with Crippen molar-refractivity contribution < 1.29 is 75.8 Å². The lowest BCUT2D eigenvalue weighted by molar-refractivity contribution is -0.161. The number of phosphoric acid groups is 2. The SMILES string of the molecule is CC/C=C\C/C=C\C/C=C\C/C=C\C/C=C\C/C=C\CCCCCCCCC(=O)OCC(COP(=O)(O)OCC(O)COP(=O)(O)OCC(O)COC(=O)CCCCCCCCCCCCCCCCCCC/C=C\C/C=C\C/C=C\C/C=C\CCCCC)OC(=O)CCCCCCC/C=C\CCCCCC. The van der Waals surface area contributed by atoms with Gasteiger partial charge in [0.05, 0.1) is 26.4 Å². The Kier molecular flexibility index (Phi) is 77.9. The molecule has 0 aromatic rings. The van der Waals surface area contributed by atoms with Crippen LogP contribution in [0.3, 0.4) is 0 Å². The molecule has 16 nitrogen and oxygen atoms in total. The molecule has 5 unspecified atom stereocenters. The molecule has 616 valence electrons. The van der Waals surface area contributed by atoms with Gasteiger partial charge in [-0.2, -0.15) is 0 Å². The molecular formula is C89H154O16P2. The van der Waals surface area contributed by atoms with Gasteiger partial charge >= 0.3 is 33.6 Å². The van der Waals surface area contributed by atoms with E-state index in [4.69, 9.17) is 32.3 Å². The molecule has 0 aliphatic rings. The van der Waals surface area contributed by atoms with E-state index < -0.39 is 91.5 Å². The van der Waals surface area contributed by atoms with Gasteiger partial charge in [0.25, 0.3) is 0 Å². The van der Waals surface area contributed by atoms with Crippen LogP contribution in [0.4, 0.5) is 0 Å². The molecule has 0 fully saturated rings. The lowest BCUT2D eigenvalue weighted by Crippen LogP contribution is -2.30. The molecule has 4 N–H and O–H groups in total. The maximum Gasteiger partial charge on any atom is 0.472 e. The second-order valence-electron chi connectivity index (χ2n) is 28.2. The Hall–Kier alpha value is -4.31. The van der Waals surface area contributed by atoms with Crippen LogP contribution in [0.2, 0.25) is 0 Å². The van der Waals surface area contributed by atoms with Gasteiger partial charge in [0, 0.05) is 19.3 Å². The van der Waals surface area contributed by atoms with Crippen molar-refractivity contribution in [3.05, 3.63) is 134 Å². The Morgan fingerprint density at radius 3 is 0.813 bits per heavy atom. The van der Waals surface area contributed by atoms with E-state index in [1.54, 1.807) is 0 Å². The van der Waals surface area contributed by atoms with Crippen LogP contribution in [-0.4, -0.2) is 95.9 Å². The summed E-state index contributed by atoms with van der Waals surface area (Å²) in [5.41, 5.74) is 0. The molecule has 0 heterocycles. The van der Waals surface area contributed by atoms with Crippen LogP contribution in [0.25, 0.3) is 0 Å². The first-order valence-electron chi connectivity index (χ1n) is 42.5. The van der Waals surface area contributed by atoms with E-state index in [1.165, 1.54) is 141 Å². The number of esters is 3. The number of unbranched alkanes of at least 4 members (excludes halogenated alkanes) is 35. The number of hydrogen-bond donors (Lipinski definition) is 4. The number of carbonyl (C=O) groups is 3. The second-order valence-corrected chi connectivity index (χ2v) is 31.2. The van der Waals surface area contributed by atoms with E-state index in [0.717, 1.165) is 154 Å². The van der Waals surface area contributed by atoms with E-state index >= 15 is 0 Å². The summed E-state index contributed by atoms with van der Waals surface area (Å²) in [6, 6.07) is 0. The van der Waals surface area contributed by atoms with Gasteiger partial charge in [0.2, 0.25) is 0 Å². The summed E-state index contributed by atoms with van der Waals surface area (Å²) in [6.07, 6.45) is 99.4. The maximum atomic E-state index is 13.0. The van der Waals surface area contributed by atoms with Gasteiger partial charge in [0.1, 0.15) is 25.4 Å². The highest BCUT2D eigenvalue weighted by molar-refractivity contribution is 7.47. The standard InChI is InChI=1S/C89H154O16P2/c1-4-7-10-13-16-19-22-25-27-29-31-33-35-37-38-39-40-41-42-43-44-46-48-49-51-53-55-58-60-63-66-69-72-75-87(92)99-78-84(90)79-101-106(95,96)102-80-85(91)81-103-107(97,98)104-83-86(105-89(94)77-74-71-68-65-62-57-24-21-18-15-12-9-6-3)82-100-88(93)76-73-70-67-64-61-59-56-54-52-50-47-45-36-34-32-30-28-26-23-20-17-14-11-8-5-2/h8,11,16-17,19-21,24-28,31-34,37-38,45,47,52,54,84-86,90-91H,4-7,9-10,12-15,18,22-23,29-30,35-36,39-44,46,48-51,53,55-83H2,1-3H3,(H,95,96)(H,97,98)/b11-8-,19-16-,20-17-,24-21-,27-25-,28-26-,33-31-,34-32-,38-37-,47-45-,54-52-. The Balaban J connectivity index is 4.44. The smallest absolute Gasteiger partial charge is 0.463 e. The predicted octanol–water partition coefficient (Wildman–Crippen LogP) is 25.4. The van der Waals surface area contributed by atoms with Crippen LogP contribution in [0, 0.1) is 0 Å². The molecule has 0 aromatic carbocycles. The largest absolute Gasteiger partial charge is 0.472 e. The number of aliphatic hydroxyl groups excluding tert-OH is 2. The zero-order valence-corrected chi connectivity index (χ0v) is 69.3. The number of aliphatic hydroxyl groups is 2. The zero-order chi connectivity index (χ0) is 78.0. The lowest BCUT2D eigenvalue weighted by atomic mass is 10.0. The van der Waals surface area contributed by atoms with Crippen LogP contribution in [0.15, 0.2) is 134 Å². The highest BCUT2D eigenvalue weighted by Gasteiger charge is 2.29. The number of hydrogen-bond acceptors (Lipinski definition) is 14. The van der Waals surface area contributed by atoms with Crippen molar-refractivity contribution in [2.75, 3.05) is 39.6 Å². The Labute approximate surface area is 652 Å². The summed E-state index contributed by atoms with van der Waals surface area (Å²) in [5.74, 6) is -1.60. The highest BCUT2D eigenvalue weighted by atomic mass is 31.2. The molecule has 0 saturated carbocycles. The minimum absolute atomic E-state index is 0.0888. The van der Waals surface area contributed by atoms with Crippen molar-refractivity contribution in [2.24, 2.45) is 0 Å². The summed E-state index contributed by atoms with van der Waals surface area (Å²) >= 11 is 0. The molecular weight excluding hydrogens is 1390 g/mol. The van der Waals surface area contributed by atoms with E-state index in [9.17, 15) is 43.5 Å². The predicted molar refractivity (Wildman–Crippen MR) is 445 cm³/mol. The third kappa shape index (κ3) is 82.5. The van der Waals surface area contributed by atoms with E-state index in [1.807, 2.05) is 0 Å². The molecule has 0 amide bonds.